The zero-order chi connectivity index (χ0) is 17.7. The van der Waals surface area contributed by atoms with Crippen molar-refractivity contribution in [2.45, 2.75) is 25.2 Å². The minimum Gasteiger partial charge on any atom is -0.383 e. The monoisotopic (exact) mass is 342 g/mol. The summed E-state index contributed by atoms with van der Waals surface area (Å²) in [5, 5.41) is 3.16. The number of nitrogens with one attached hydrogen (secondary N) is 1. The highest BCUT2D eigenvalue weighted by molar-refractivity contribution is 5.28. The molecule has 0 fully saturated rings. The number of methoxy groups -OCH3 is 1. The molecule has 2 rings (SSSR count). The molecule has 0 amide bonds. The second-order valence-electron chi connectivity index (χ2n) is 5.46. The molecule has 0 aliphatic rings. The molecular formula is C17H18F4N2O. The molecule has 0 saturated heterocycles. The maximum absolute atomic E-state index is 13.3. The molecule has 7 heteroatoms. The molecule has 130 valence electrons. The van der Waals surface area contributed by atoms with Gasteiger partial charge in [0.25, 0.3) is 0 Å². The van der Waals surface area contributed by atoms with E-state index in [-0.39, 0.29) is 12.6 Å². The molecule has 3 nitrogen and oxygen atoms in total. The quantitative estimate of drug-likeness (QED) is 0.796. The number of hydrogen-bond donors (Lipinski definition) is 1. The van der Waals surface area contributed by atoms with Crippen molar-refractivity contribution in [1.29, 1.82) is 0 Å². The number of nitrogens with zero attached hydrogens (tertiary/aromatic N) is 1. The Morgan fingerprint density at radius 3 is 2.54 bits per heavy atom. The zero-order valence-corrected chi connectivity index (χ0v) is 13.3. The van der Waals surface area contributed by atoms with Crippen LogP contribution in [0.25, 0.3) is 0 Å². The summed E-state index contributed by atoms with van der Waals surface area (Å²) in [6, 6.07) is 5.61. The largest absolute Gasteiger partial charge is 0.416 e. The lowest BCUT2D eigenvalue weighted by molar-refractivity contribution is -0.137. The molecule has 0 radical (unpaired) electrons. The molecule has 1 heterocycles. The summed E-state index contributed by atoms with van der Waals surface area (Å²) < 4.78 is 57.1. The molecule has 1 aromatic carbocycles. The van der Waals surface area contributed by atoms with Gasteiger partial charge in [0.15, 0.2) is 0 Å². The van der Waals surface area contributed by atoms with Gasteiger partial charge in [-0.15, -0.1) is 0 Å². The van der Waals surface area contributed by atoms with Crippen LogP contribution >= 0.6 is 0 Å². The van der Waals surface area contributed by atoms with Crippen molar-refractivity contribution in [3.8, 4) is 0 Å². The first-order valence-corrected chi connectivity index (χ1v) is 7.34. The van der Waals surface area contributed by atoms with E-state index in [2.05, 4.69) is 10.3 Å². The van der Waals surface area contributed by atoms with E-state index < -0.39 is 23.6 Å². The molecule has 0 spiro atoms. The Labute approximate surface area is 137 Å². The van der Waals surface area contributed by atoms with Gasteiger partial charge < -0.3 is 10.1 Å². The van der Waals surface area contributed by atoms with Crippen molar-refractivity contribution >= 4 is 0 Å². The topological polar surface area (TPSA) is 34.1 Å². The van der Waals surface area contributed by atoms with E-state index in [9.17, 15) is 17.6 Å². The number of alkyl halides is 3. The Morgan fingerprint density at radius 1 is 1.17 bits per heavy atom. The summed E-state index contributed by atoms with van der Waals surface area (Å²) in [4.78, 5) is 3.78. The van der Waals surface area contributed by atoms with E-state index in [0.29, 0.717) is 11.1 Å². The molecule has 24 heavy (non-hydrogen) atoms. The SMILES string of the molecule is COCC(NC(C)c1cncc(F)c1)c1cccc(C(F)(F)F)c1. The van der Waals surface area contributed by atoms with Crippen LogP contribution in [0, 0.1) is 5.82 Å². The second-order valence-corrected chi connectivity index (χ2v) is 5.46. The Morgan fingerprint density at radius 2 is 1.92 bits per heavy atom. The molecular weight excluding hydrogens is 324 g/mol. The van der Waals surface area contributed by atoms with Gasteiger partial charge in [-0.2, -0.15) is 13.2 Å². The van der Waals surface area contributed by atoms with E-state index in [1.54, 1.807) is 13.0 Å². The molecule has 0 aliphatic heterocycles. The molecule has 0 bridgehead atoms. The number of benzene rings is 1. The fourth-order valence-electron chi connectivity index (χ4n) is 2.40. The fourth-order valence-corrected chi connectivity index (χ4v) is 2.40. The number of hydrogen-bond acceptors (Lipinski definition) is 3. The third-order valence-electron chi connectivity index (χ3n) is 3.63. The van der Waals surface area contributed by atoms with Gasteiger partial charge in [0.1, 0.15) is 5.82 Å². The lowest BCUT2D eigenvalue weighted by Crippen LogP contribution is -2.28. The van der Waals surface area contributed by atoms with E-state index in [1.807, 2.05) is 0 Å². The molecule has 1 N–H and O–H groups in total. The van der Waals surface area contributed by atoms with Gasteiger partial charge in [-0.05, 0) is 36.2 Å². The second kappa shape index (κ2) is 7.72. The lowest BCUT2D eigenvalue weighted by Gasteiger charge is -2.24. The first kappa shape index (κ1) is 18.4. The summed E-state index contributed by atoms with van der Waals surface area (Å²) in [6.45, 7) is 1.96. The number of halogens is 4. The smallest absolute Gasteiger partial charge is 0.383 e. The van der Waals surface area contributed by atoms with Gasteiger partial charge in [0.2, 0.25) is 0 Å². The maximum Gasteiger partial charge on any atom is 0.416 e. The molecule has 2 unspecified atom stereocenters. The normalized spacial score (nSPS) is 14.4. The van der Waals surface area contributed by atoms with Crippen molar-refractivity contribution in [2.75, 3.05) is 13.7 Å². The van der Waals surface area contributed by atoms with Gasteiger partial charge in [0.05, 0.1) is 24.4 Å². The molecule has 1 aromatic heterocycles. The highest BCUT2D eigenvalue weighted by Gasteiger charge is 2.31. The molecule has 0 saturated carbocycles. The van der Waals surface area contributed by atoms with Crippen LogP contribution in [0.5, 0.6) is 0 Å². The van der Waals surface area contributed by atoms with Crippen LogP contribution in [0.15, 0.2) is 42.7 Å². The van der Waals surface area contributed by atoms with Crippen LogP contribution in [0.1, 0.15) is 35.7 Å². The van der Waals surface area contributed by atoms with E-state index in [0.717, 1.165) is 18.3 Å². The number of ether oxygens (including phenoxy) is 1. The number of pyridine rings is 1. The van der Waals surface area contributed by atoms with E-state index in [4.69, 9.17) is 4.74 Å². The lowest BCUT2D eigenvalue weighted by atomic mass is 10.0. The predicted octanol–water partition coefficient (Wildman–Crippen LogP) is 4.28. The van der Waals surface area contributed by atoms with Crippen LogP contribution in [-0.2, 0) is 10.9 Å². The van der Waals surface area contributed by atoms with Crippen molar-refractivity contribution in [3.63, 3.8) is 0 Å². The Hall–Kier alpha value is -1.99. The highest BCUT2D eigenvalue weighted by Crippen LogP contribution is 2.31. The molecule has 2 aromatic rings. The van der Waals surface area contributed by atoms with E-state index in [1.165, 1.54) is 25.4 Å². The summed E-state index contributed by atoms with van der Waals surface area (Å²) in [5.41, 5.74) is 0.328. The first-order chi connectivity index (χ1) is 11.3. The van der Waals surface area contributed by atoms with Crippen LogP contribution in [0.3, 0.4) is 0 Å². The van der Waals surface area contributed by atoms with Gasteiger partial charge in [-0.25, -0.2) is 4.39 Å². The van der Waals surface area contributed by atoms with Crippen LogP contribution in [-0.4, -0.2) is 18.7 Å². The van der Waals surface area contributed by atoms with Crippen molar-refractivity contribution in [3.05, 3.63) is 65.2 Å². The Balaban J connectivity index is 2.23. The summed E-state index contributed by atoms with van der Waals surface area (Å²) >= 11 is 0. The minimum absolute atomic E-state index is 0.175. The van der Waals surface area contributed by atoms with Crippen LogP contribution < -0.4 is 5.32 Å². The maximum atomic E-state index is 13.3. The average Bonchev–Trinajstić information content (AvgIpc) is 2.53. The third kappa shape index (κ3) is 4.75. The van der Waals surface area contributed by atoms with Crippen molar-refractivity contribution < 1.29 is 22.3 Å². The molecule has 2 atom stereocenters. The standard InChI is InChI=1S/C17H18F4N2O/c1-11(13-7-15(18)9-22-8-13)23-16(10-24-2)12-4-3-5-14(6-12)17(19,20)21/h3-9,11,16,23H,10H2,1-2H3. The Kier molecular flexibility index (Phi) is 5.90. The number of aromatic nitrogens is 1. The first-order valence-electron chi connectivity index (χ1n) is 7.34. The number of rotatable bonds is 6. The van der Waals surface area contributed by atoms with Crippen LogP contribution in [0.2, 0.25) is 0 Å². The zero-order valence-electron chi connectivity index (χ0n) is 13.3. The highest BCUT2D eigenvalue weighted by atomic mass is 19.4. The predicted molar refractivity (Wildman–Crippen MR) is 81.8 cm³/mol. The summed E-state index contributed by atoms with van der Waals surface area (Å²) in [5.74, 6) is -0.469. The van der Waals surface area contributed by atoms with E-state index >= 15 is 0 Å². The average molecular weight is 342 g/mol. The summed E-state index contributed by atoms with van der Waals surface area (Å²) in [7, 11) is 1.47. The van der Waals surface area contributed by atoms with Gasteiger partial charge in [-0.1, -0.05) is 12.1 Å². The van der Waals surface area contributed by atoms with Crippen molar-refractivity contribution in [2.24, 2.45) is 0 Å². The van der Waals surface area contributed by atoms with Gasteiger partial charge >= 0.3 is 6.18 Å². The van der Waals surface area contributed by atoms with Crippen molar-refractivity contribution in [1.82, 2.24) is 10.3 Å². The third-order valence-corrected chi connectivity index (χ3v) is 3.63. The van der Waals surface area contributed by atoms with Gasteiger partial charge in [-0.3, -0.25) is 4.98 Å². The minimum atomic E-state index is -4.41. The van der Waals surface area contributed by atoms with Gasteiger partial charge in [0, 0.05) is 19.3 Å². The van der Waals surface area contributed by atoms with Crippen LogP contribution in [0.4, 0.5) is 17.6 Å². The Bertz CT molecular complexity index is 676. The summed E-state index contributed by atoms with van der Waals surface area (Å²) in [6.07, 6.45) is -1.81. The molecule has 0 aliphatic carbocycles. The fraction of sp³-hybridized carbons (Fsp3) is 0.353.